The standard InChI is InChI=1S/C14H20N2O3S.C9H11NO2.C6H14N2O2.C6H13NO2.C5H10N2O4.C5H10N2O3.C4H8N2O3.C2H5NO2/c1-20-8-7-11(15)13(17)19-14(18)12(16)9-10-5-3-2-4-6-10;10-8(9(11)12)6-7-4-2-1-3-5-7;7-4-2-1-3-5(8)6(9)10;1-3-4(2)5(7)6(8)9;6-1-4(8)11-2-3(7)5(9)10;6-3(5(9)10)1-2-4(7)8;5-2(4(8)9)1-3(6)7;3-1-2(4)5/h2-6,11-12H,7-9,15-16H2,1H3;1-5,8H,6,10H2,(H,11,12);5H,1-4,7-8H2,(H,9,10);4-5H,3,7H2,1-2H3,(H,8,9);3H,1-2,6-7H2,(H,9,10);3H,1-2,6H2,(H2,7,8)(H,9,10);2H,1,5H2,(H2,6,7)(H,8,9);1,3H2,(H,4,5)/t11-,12-;8-;5-;4-,5-;2*3-;2-;/m0000000./s1. The van der Waals surface area contributed by atoms with Crippen molar-refractivity contribution in [2.75, 3.05) is 38.2 Å². The topological polar surface area (TPSA) is 703 Å². The largest absolute Gasteiger partial charge is 0.480 e. The summed E-state index contributed by atoms with van der Waals surface area (Å²) in [6.07, 6.45) is 5.89. The first-order valence-corrected chi connectivity index (χ1v) is 27.1. The molecular weight excluding hydrogens is 1160 g/mol. The Hall–Kier alpha value is -7.81. The summed E-state index contributed by atoms with van der Waals surface area (Å²) in [5.74, 6) is -9.85. The summed E-state index contributed by atoms with van der Waals surface area (Å²) in [5.41, 5.74) is 68.1. The molecule has 0 bridgehead atoms. The number of nitrogens with two attached hydrogens (primary N) is 13. The van der Waals surface area contributed by atoms with E-state index < -0.39 is 120 Å². The van der Waals surface area contributed by atoms with Crippen LogP contribution in [-0.2, 0) is 79.8 Å². The summed E-state index contributed by atoms with van der Waals surface area (Å²) in [7, 11) is 0. The molecular formula is C51H91N13O21S. The molecule has 35 heteroatoms. The Bertz CT molecular complexity index is 2260. The zero-order chi connectivity index (χ0) is 68.1. The van der Waals surface area contributed by atoms with E-state index in [1.165, 1.54) is 0 Å². The molecule has 86 heavy (non-hydrogen) atoms. The lowest BCUT2D eigenvalue weighted by molar-refractivity contribution is -0.162. The van der Waals surface area contributed by atoms with Gasteiger partial charge in [-0.15, -0.1) is 0 Å². The van der Waals surface area contributed by atoms with Crippen molar-refractivity contribution in [2.24, 2.45) is 80.5 Å². The highest BCUT2D eigenvalue weighted by atomic mass is 32.2. The molecule has 0 aliphatic rings. The van der Waals surface area contributed by atoms with Crippen LogP contribution in [0.3, 0.4) is 0 Å². The fraction of sp³-hybridized carbons (Fsp3) is 0.529. The van der Waals surface area contributed by atoms with Gasteiger partial charge in [-0.1, -0.05) is 87.4 Å². The molecule has 0 spiro atoms. The number of carboxylic acid groups (broad SMARTS) is 7. The van der Waals surface area contributed by atoms with Gasteiger partial charge in [0, 0.05) is 6.42 Å². The van der Waals surface area contributed by atoms with Gasteiger partial charge in [-0.2, -0.15) is 11.8 Å². The third-order valence-electron chi connectivity index (χ3n) is 10.0. The summed E-state index contributed by atoms with van der Waals surface area (Å²) in [4.78, 5) is 124. The number of rotatable bonds is 30. The fourth-order valence-corrected chi connectivity index (χ4v) is 5.18. The quantitative estimate of drug-likeness (QED) is 0.0198. The summed E-state index contributed by atoms with van der Waals surface area (Å²) in [5, 5.41) is 57.3. The minimum absolute atomic E-state index is 0.0213. The van der Waals surface area contributed by atoms with Crippen molar-refractivity contribution < 1.29 is 103 Å². The van der Waals surface area contributed by atoms with Gasteiger partial charge < -0.3 is 120 Å². The summed E-state index contributed by atoms with van der Waals surface area (Å²) < 4.78 is 9.05. The molecule has 0 unspecified atom stereocenters. The van der Waals surface area contributed by atoms with Crippen molar-refractivity contribution in [3.05, 3.63) is 71.8 Å². The van der Waals surface area contributed by atoms with Crippen molar-refractivity contribution in [3.8, 4) is 0 Å². The van der Waals surface area contributed by atoms with Crippen LogP contribution in [0.1, 0.15) is 76.3 Å². The molecule has 33 N–H and O–H groups in total. The maximum absolute atomic E-state index is 11.7. The van der Waals surface area contributed by atoms with Crippen LogP contribution in [0.5, 0.6) is 0 Å². The molecule has 9 atom stereocenters. The van der Waals surface area contributed by atoms with Gasteiger partial charge in [-0.05, 0) is 74.1 Å². The number of carbonyl (C=O) groups excluding carboxylic acids is 5. The van der Waals surface area contributed by atoms with Crippen LogP contribution >= 0.6 is 11.8 Å². The lowest BCUT2D eigenvalue weighted by Crippen LogP contribution is -2.40. The maximum Gasteiger partial charge on any atom is 0.330 e. The van der Waals surface area contributed by atoms with Crippen molar-refractivity contribution in [1.29, 1.82) is 0 Å². The van der Waals surface area contributed by atoms with Crippen LogP contribution in [0.2, 0.25) is 0 Å². The highest BCUT2D eigenvalue weighted by Crippen LogP contribution is 2.07. The molecule has 0 saturated carbocycles. The normalized spacial score (nSPS) is 12.9. The number of esters is 3. The summed E-state index contributed by atoms with van der Waals surface area (Å²) in [6, 6.07) is 11.5. The second kappa shape index (κ2) is 56.3. The third kappa shape index (κ3) is 59.4. The number of amides is 2. The second-order valence-corrected chi connectivity index (χ2v) is 18.5. The number of primary amides is 2. The Morgan fingerprint density at radius 2 is 0.907 bits per heavy atom. The molecule has 0 aliphatic heterocycles. The molecule has 0 aliphatic carbocycles. The van der Waals surface area contributed by atoms with Crippen molar-refractivity contribution >= 4 is 83.3 Å². The molecule has 34 nitrogen and oxygen atoms in total. The van der Waals surface area contributed by atoms with Crippen LogP contribution in [0.25, 0.3) is 0 Å². The van der Waals surface area contributed by atoms with E-state index in [1.54, 1.807) is 11.8 Å². The molecule has 2 aromatic rings. The highest BCUT2D eigenvalue weighted by molar-refractivity contribution is 7.98. The van der Waals surface area contributed by atoms with E-state index >= 15 is 0 Å². The molecule has 0 heterocycles. The van der Waals surface area contributed by atoms with Crippen molar-refractivity contribution in [3.63, 3.8) is 0 Å². The van der Waals surface area contributed by atoms with Crippen LogP contribution in [0.15, 0.2) is 60.7 Å². The van der Waals surface area contributed by atoms with Gasteiger partial charge in [0.15, 0.2) is 0 Å². The van der Waals surface area contributed by atoms with Gasteiger partial charge in [0.25, 0.3) is 0 Å². The predicted molar refractivity (Wildman–Crippen MR) is 315 cm³/mol. The molecule has 0 saturated heterocycles. The first-order valence-electron chi connectivity index (χ1n) is 25.7. The summed E-state index contributed by atoms with van der Waals surface area (Å²) >= 11 is 1.58. The molecule has 2 aromatic carbocycles. The monoisotopic (exact) mass is 1250 g/mol. The van der Waals surface area contributed by atoms with E-state index in [1.807, 2.05) is 80.8 Å². The van der Waals surface area contributed by atoms with Crippen LogP contribution in [-0.4, -0.2) is 194 Å². The van der Waals surface area contributed by atoms with E-state index in [0.29, 0.717) is 32.2 Å². The lowest BCUT2D eigenvalue weighted by atomic mass is 10.0. The van der Waals surface area contributed by atoms with Gasteiger partial charge in [0.2, 0.25) is 11.8 Å². The molecule has 492 valence electrons. The summed E-state index contributed by atoms with van der Waals surface area (Å²) in [6.45, 7) is 3.47. The van der Waals surface area contributed by atoms with Crippen LogP contribution in [0.4, 0.5) is 0 Å². The van der Waals surface area contributed by atoms with E-state index in [9.17, 15) is 57.5 Å². The van der Waals surface area contributed by atoms with Gasteiger partial charge in [0.1, 0.15) is 54.9 Å². The predicted octanol–water partition coefficient (Wildman–Crippen LogP) is -4.81. The number of aliphatic carboxylic acids is 7. The number of carbonyl (C=O) groups is 12. The van der Waals surface area contributed by atoms with E-state index in [4.69, 9.17) is 104 Å². The minimum atomic E-state index is -1.21. The number of thioether (sulfide) groups is 1. The number of benzene rings is 2. The first-order chi connectivity index (χ1) is 39.9. The van der Waals surface area contributed by atoms with Gasteiger partial charge in [0.05, 0.1) is 19.5 Å². The Balaban J connectivity index is -0.000000219. The zero-order valence-corrected chi connectivity index (χ0v) is 49.2. The molecule has 2 rings (SSSR count). The fourth-order valence-electron chi connectivity index (χ4n) is 4.69. The first kappa shape index (κ1) is 89.4. The number of ether oxygens (including phenoxy) is 2. The average molecular weight is 1250 g/mol. The van der Waals surface area contributed by atoms with Gasteiger partial charge in [-0.3, -0.25) is 47.9 Å². The minimum Gasteiger partial charge on any atom is -0.480 e. The van der Waals surface area contributed by atoms with Gasteiger partial charge >= 0.3 is 59.7 Å². The Labute approximate surface area is 501 Å². The number of carboxylic acids is 7. The van der Waals surface area contributed by atoms with E-state index in [2.05, 4.69) is 16.2 Å². The van der Waals surface area contributed by atoms with E-state index in [0.717, 1.165) is 36.1 Å². The lowest BCUT2D eigenvalue weighted by Gasteiger charge is -2.13. The smallest absolute Gasteiger partial charge is 0.330 e. The van der Waals surface area contributed by atoms with Crippen LogP contribution < -0.4 is 74.5 Å². The van der Waals surface area contributed by atoms with Crippen LogP contribution in [0, 0.1) is 5.92 Å². The number of unbranched alkanes of at least 4 members (excludes halogenated alkanes) is 1. The molecule has 0 radical (unpaired) electrons. The van der Waals surface area contributed by atoms with Crippen molar-refractivity contribution in [1.82, 2.24) is 0 Å². The number of hydrogen-bond acceptors (Lipinski definition) is 26. The average Bonchev–Trinajstić information content (AvgIpc) is 3.53. The molecule has 0 aromatic heterocycles. The highest BCUT2D eigenvalue weighted by Gasteiger charge is 2.23. The Morgan fingerprint density at radius 1 is 0.500 bits per heavy atom. The van der Waals surface area contributed by atoms with Gasteiger partial charge in [-0.25, -0.2) is 9.59 Å². The zero-order valence-electron chi connectivity index (χ0n) is 48.3. The Kier molecular flexibility index (Phi) is 58.6. The number of hydrogen-bond donors (Lipinski definition) is 20. The molecule has 0 fully saturated rings. The van der Waals surface area contributed by atoms with Crippen molar-refractivity contribution in [2.45, 2.75) is 126 Å². The second-order valence-electron chi connectivity index (χ2n) is 17.5. The maximum atomic E-state index is 11.7. The SMILES string of the molecule is CC[C@H](C)[C@H](N)C(=O)O.CSCC[C@H](N)C(=O)OC(=O)[C@@H](N)Cc1ccccc1.NC(=O)CC[C@H](N)C(=O)O.NC(=O)C[C@H](N)C(=O)O.NCC(=O)O.NCC(=O)OC[C@H](N)C(=O)O.NCCCC[C@H](N)C(=O)O.N[C@@H](Cc1ccccc1)C(=O)O. The Morgan fingerprint density at radius 3 is 1.22 bits per heavy atom. The van der Waals surface area contributed by atoms with E-state index in [-0.39, 0.29) is 44.9 Å². The molecule has 2 amide bonds. The third-order valence-corrected chi connectivity index (χ3v) is 10.7.